The van der Waals surface area contributed by atoms with Crippen LogP contribution in [0.15, 0.2) is 59.8 Å². The molecule has 34 heavy (non-hydrogen) atoms. The second kappa shape index (κ2) is 9.59. The number of anilines is 2. The molecule has 0 bridgehead atoms. The summed E-state index contributed by atoms with van der Waals surface area (Å²) in [6, 6.07) is 15.8. The zero-order valence-corrected chi connectivity index (χ0v) is 19.2. The number of likely N-dealkylation sites (tertiary alicyclic amines) is 1. The molecule has 0 saturated carbocycles. The second-order valence-electron chi connectivity index (χ2n) is 9.03. The van der Waals surface area contributed by atoms with Crippen molar-refractivity contribution in [1.29, 1.82) is 5.41 Å². The van der Waals surface area contributed by atoms with E-state index in [2.05, 4.69) is 20.4 Å². The first-order valence-corrected chi connectivity index (χ1v) is 11.8. The van der Waals surface area contributed by atoms with Gasteiger partial charge in [0.1, 0.15) is 5.82 Å². The highest BCUT2D eigenvalue weighted by Crippen LogP contribution is 2.42. The van der Waals surface area contributed by atoms with E-state index >= 15 is 0 Å². The van der Waals surface area contributed by atoms with Crippen molar-refractivity contribution in [3.05, 3.63) is 60.3 Å². The van der Waals surface area contributed by atoms with Crippen LogP contribution in [0.4, 0.5) is 11.5 Å². The fraction of sp³-hybridized carbons (Fsp3) is 0.346. The molecule has 2 aliphatic rings. The summed E-state index contributed by atoms with van der Waals surface area (Å²) in [5, 5.41) is 11.1. The molecule has 8 nitrogen and oxygen atoms in total. The third kappa shape index (κ3) is 4.35. The highest BCUT2D eigenvalue weighted by molar-refractivity contribution is 6.14. The van der Waals surface area contributed by atoms with E-state index in [0.717, 1.165) is 79.6 Å². The highest BCUT2D eigenvalue weighted by Gasteiger charge is 2.45. The molecule has 2 aliphatic heterocycles. The summed E-state index contributed by atoms with van der Waals surface area (Å²) in [4.78, 5) is 27.3. The normalized spacial score (nSPS) is 18.1. The molecule has 5 rings (SSSR count). The first-order chi connectivity index (χ1) is 16.7. The van der Waals surface area contributed by atoms with Crippen molar-refractivity contribution in [3.63, 3.8) is 0 Å². The number of carbonyl (C=O) groups is 1. The minimum absolute atomic E-state index is 0.265. The molecule has 0 unspecified atom stereocenters. The molecule has 2 fully saturated rings. The second-order valence-corrected chi connectivity index (χ2v) is 9.03. The number of nitrogens with zero attached hydrogens (tertiary/aromatic N) is 5. The van der Waals surface area contributed by atoms with Crippen LogP contribution >= 0.6 is 0 Å². The van der Waals surface area contributed by atoms with Gasteiger partial charge in [0.25, 0.3) is 0 Å². The molecule has 174 valence electrons. The van der Waals surface area contributed by atoms with Crippen LogP contribution in [0.2, 0.25) is 0 Å². The fourth-order valence-corrected chi connectivity index (χ4v) is 5.15. The Hall–Kier alpha value is -3.81. The molecule has 2 saturated heterocycles. The van der Waals surface area contributed by atoms with Crippen LogP contribution in [0, 0.1) is 10.8 Å². The van der Waals surface area contributed by atoms with Crippen molar-refractivity contribution in [2.24, 2.45) is 10.5 Å². The molecule has 3 heterocycles. The van der Waals surface area contributed by atoms with Crippen LogP contribution in [0.3, 0.4) is 0 Å². The number of fused-ring (bicyclic) bond motifs is 1. The molecule has 2 N–H and O–H groups in total. The number of amides is 1. The first kappa shape index (κ1) is 22.0. The van der Waals surface area contributed by atoms with E-state index in [0.29, 0.717) is 6.54 Å². The zero-order chi connectivity index (χ0) is 23.4. The molecule has 0 aliphatic carbocycles. The summed E-state index contributed by atoms with van der Waals surface area (Å²) in [7, 11) is 0. The Morgan fingerprint density at radius 2 is 1.79 bits per heavy atom. The molecule has 3 aromatic rings. The number of hydrogen-bond acceptors (Lipinski definition) is 7. The number of aromatic nitrogens is 2. The van der Waals surface area contributed by atoms with Crippen molar-refractivity contribution in [2.75, 3.05) is 30.0 Å². The predicted molar refractivity (Wildman–Crippen MR) is 135 cm³/mol. The van der Waals surface area contributed by atoms with Gasteiger partial charge in [0.2, 0.25) is 5.91 Å². The highest BCUT2D eigenvalue weighted by atomic mass is 16.2. The van der Waals surface area contributed by atoms with Crippen LogP contribution in [0.25, 0.3) is 11.0 Å². The minimum atomic E-state index is -0.292. The lowest BCUT2D eigenvalue weighted by Gasteiger charge is -2.46. The summed E-state index contributed by atoms with van der Waals surface area (Å²) < 4.78 is 0. The van der Waals surface area contributed by atoms with Crippen molar-refractivity contribution >= 4 is 40.9 Å². The molecule has 1 amide bonds. The van der Waals surface area contributed by atoms with Gasteiger partial charge in [-0.2, -0.15) is 5.10 Å². The number of hydrazone groups is 1. The van der Waals surface area contributed by atoms with Gasteiger partial charge < -0.3 is 15.2 Å². The molecular weight excluding hydrogens is 426 g/mol. The van der Waals surface area contributed by atoms with Gasteiger partial charge in [0, 0.05) is 32.4 Å². The maximum absolute atomic E-state index is 13.7. The van der Waals surface area contributed by atoms with Crippen LogP contribution in [-0.2, 0) is 11.3 Å². The third-order valence-electron chi connectivity index (χ3n) is 7.02. The summed E-state index contributed by atoms with van der Waals surface area (Å²) in [6.45, 7) is 2.95. The van der Waals surface area contributed by atoms with Crippen molar-refractivity contribution in [1.82, 2.24) is 14.9 Å². The Kier molecular flexibility index (Phi) is 6.20. The summed E-state index contributed by atoms with van der Waals surface area (Å²) in [5.41, 5.74) is 6.38. The van der Waals surface area contributed by atoms with E-state index in [1.54, 1.807) is 0 Å². The lowest BCUT2D eigenvalue weighted by molar-refractivity contribution is -0.148. The number of hydrogen-bond donors (Lipinski definition) is 2. The van der Waals surface area contributed by atoms with E-state index in [4.69, 9.17) is 10.4 Å². The predicted octanol–water partition coefficient (Wildman–Crippen LogP) is 4.09. The number of nitrogens with one attached hydrogen (secondary N) is 2. The molecule has 1 aromatic heterocycles. The Balaban J connectivity index is 1.28. The van der Waals surface area contributed by atoms with Gasteiger partial charge in [-0.05, 0) is 49.4 Å². The largest absolute Gasteiger partial charge is 0.355 e. The van der Waals surface area contributed by atoms with E-state index in [1.165, 1.54) is 6.21 Å². The average Bonchev–Trinajstić information content (AvgIpc) is 2.88. The van der Waals surface area contributed by atoms with Crippen LogP contribution in [0.5, 0.6) is 0 Å². The number of rotatable bonds is 6. The average molecular weight is 456 g/mol. The molecule has 1 spiro atoms. The Labute approximate surface area is 199 Å². The minimum Gasteiger partial charge on any atom is -0.355 e. The standard InChI is InChI=1S/C26H29N7O/c27-13-14-29-31-21-7-2-1-6-20(21)19-33-15-5-10-26(25(33)34)11-16-32(17-12-26)24-18-28-22-8-3-4-9-23(22)30-24/h1-4,6-9,13-14,18,27,31H,5,10-12,15-17,19H2/b27-13?,29-14-. The topological polar surface area (TPSA) is 97.6 Å². The van der Waals surface area contributed by atoms with Crippen molar-refractivity contribution < 1.29 is 4.79 Å². The van der Waals surface area contributed by atoms with Crippen molar-refractivity contribution in [3.8, 4) is 0 Å². The van der Waals surface area contributed by atoms with Crippen LogP contribution in [0.1, 0.15) is 31.2 Å². The van der Waals surface area contributed by atoms with Gasteiger partial charge in [-0.3, -0.25) is 15.2 Å². The molecule has 8 heteroatoms. The van der Waals surface area contributed by atoms with E-state index < -0.39 is 0 Å². The first-order valence-electron chi connectivity index (χ1n) is 11.8. The number of carbonyl (C=O) groups excluding carboxylic acids is 1. The maximum Gasteiger partial charge on any atom is 0.229 e. The molecular formula is C26H29N7O. The maximum atomic E-state index is 13.7. The van der Waals surface area contributed by atoms with Gasteiger partial charge in [-0.1, -0.05) is 30.3 Å². The number of para-hydroxylation sites is 3. The number of benzene rings is 2. The van der Waals surface area contributed by atoms with Gasteiger partial charge in [0.15, 0.2) is 0 Å². The quantitative estimate of drug-likeness (QED) is 0.431. The van der Waals surface area contributed by atoms with E-state index in [-0.39, 0.29) is 11.3 Å². The van der Waals surface area contributed by atoms with E-state index in [1.807, 2.05) is 59.6 Å². The van der Waals surface area contributed by atoms with Gasteiger partial charge in [0.05, 0.1) is 34.5 Å². The summed E-state index contributed by atoms with van der Waals surface area (Å²) in [6.07, 6.45) is 8.00. The molecule has 0 atom stereocenters. The van der Waals surface area contributed by atoms with Crippen molar-refractivity contribution in [2.45, 2.75) is 32.2 Å². The third-order valence-corrected chi connectivity index (χ3v) is 7.02. The lowest BCUT2D eigenvalue weighted by Crippen LogP contribution is -2.53. The zero-order valence-electron chi connectivity index (χ0n) is 19.2. The monoisotopic (exact) mass is 455 g/mol. The lowest BCUT2D eigenvalue weighted by atomic mass is 9.71. The summed E-state index contributed by atoms with van der Waals surface area (Å²) in [5.74, 6) is 1.15. The molecule has 2 aromatic carbocycles. The van der Waals surface area contributed by atoms with Gasteiger partial charge in [-0.15, -0.1) is 0 Å². The smallest absolute Gasteiger partial charge is 0.229 e. The summed E-state index contributed by atoms with van der Waals surface area (Å²) >= 11 is 0. The molecule has 0 radical (unpaired) electrons. The Morgan fingerprint density at radius 3 is 2.62 bits per heavy atom. The van der Waals surface area contributed by atoms with Gasteiger partial charge in [-0.25, -0.2) is 4.98 Å². The van der Waals surface area contributed by atoms with Gasteiger partial charge >= 0.3 is 0 Å². The SMILES string of the molecule is N=C/C=N\Nc1ccccc1CN1CCCC2(CCN(c3cnc4ccccc4n3)CC2)C1=O. The Morgan fingerprint density at radius 1 is 1.03 bits per heavy atom. The number of piperidine rings is 2. The van der Waals surface area contributed by atoms with Crippen LogP contribution < -0.4 is 10.3 Å². The fourth-order valence-electron chi connectivity index (χ4n) is 5.15. The van der Waals surface area contributed by atoms with Crippen LogP contribution in [-0.4, -0.2) is 52.8 Å². The van der Waals surface area contributed by atoms with E-state index in [9.17, 15) is 4.79 Å². The Bertz CT molecular complexity index is 1220.